The van der Waals surface area contributed by atoms with Crippen LogP contribution in [0.3, 0.4) is 0 Å². The largest absolute Gasteiger partial charge is 0.339 e. The molecular formula is C23H25N7O. The summed E-state index contributed by atoms with van der Waals surface area (Å²) < 4.78 is 7.80. The summed E-state index contributed by atoms with van der Waals surface area (Å²) >= 11 is 0. The fraction of sp³-hybridized carbons (Fsp3) is 0.348. The Hall–Kier alpha value is -3.39. The van der Waals surface area contributed by atoms with Crippen molar-refractivity contribution in [1.29, 1.82) is 0 Å². The lowest BCUT2D eigenvalue weighted by atomic mass is 9.90. The molecule has 5 heterocycles. The Balaban J connectivity index is 1.43. The number of nitrogens with zero attached hydrogens (tertiary/aromatic N) is 7. The van der Waals surface area contributed by atoms with E-state index in [0.717, 1.165) is 31.7 Å². The Kier molecular flexibility index (Phi) is 5.30. The molecule has 0 aromatic carbocycles. The van der Waals surface area contributed by atoms with Gasteiger partial charge in [-0.05, 0) is 37.6 Å². The van der Waals surface area contributed by atoms with Gasteiger partial charge in [-0.3, -0.25) is 19.5 Å². The van der Waals surface area contributed by atoms with E-state index in [0.29, 0.717) is 11.7 Å². The number of pyridine rings is 2. The molecular weight excluding hydrogens is 390 g/mol. The zero-order valence-electron chi connectivity index (χ0n) is 17.7. The van der Waals surface area contributed by atoms with Crippen LogP contribution in [0.1, 0.15) is 41.5 Å². The van der Waals surface area contributed by atoms with E-state index in [1.807, 2.05) is 41.5 Å². The second kappa shape index (κ2) is 8.39. The van der Waals surface area contributed by atoms with Gasteiger partial charge in [0.15, 0.2) is 0 Å². The molecule has 0 spiro atoms. The Morgan fingerprint density at radius 2 is 1.87 bits per heavy atom. The summed E-state index contributed by atoms with van der Waals surface area (Å²) in [6, 6.07) is 7.90. The first-order valence-corrected chi connectivity index (χ1v) is 10.6. The predicted molar refractivity (Wildman–Crippen MR) is 115 cm³/mol. The van der Waals surface area contributed by atoms with E-state index in [9.17, 15) is 0 Å². The van der Waals surface area contributed by atoms with Crippen molar-refractivity contribution < 1.29 is 4.52 Å². The maximum atomic E-state index is 5.75. The fourth-order valence-corrected chi connectivity index (χ4v) is 4.40. The van der Waals surface area contributed by atoms with E-state index >= 15 is 0 Å². The van der Waals surface area contributed by atoms with Gasteiger partial charge >= 0.3 is 0 Å². The average molecular weight is 416 g/mol. The Labute approximate surface area is 181 Å². The first-order valence-electron chi connectivity index (χ1n) is 10.6. The topological polar surface area (TPSA) is 85.8 Å². The minimum atomic E-state index is 0.105. The van der Waals surface area contributed by atoms with Crippen molar-refractivity contribution in [2.75, 3.05) is 13.1 Å². The van der Waals surface area contributed by atoms with Gasteiger partial charge in [-0.2, -0.15) is 10.1 Å². The number of aryl methyl sites for hydroxylation is 1. The number of likely N-dealkylation sites (tertiary alicyclic amines) is 1. The third-order valence-electron chi connectivity index (χ3n) is 6.10. The molecule has 8 heteroatoms. The van der Waals surface area contributed by atoms with Crippen LogP contribution in [-0.2, 0) is 13.1 Å². The average Bonchev–Trinajstić information content (AvgIpc) is 3.54. The summed E-state index contributed by atoms with van der Waals surface area (Å²) in [5.41, 5.74) is 4.58. The highest BCUT2D eigenvalue weighted by molar-refractivity contribution is 5.52. The van der Waals surface area contributed by atoms with Crippen molar-refractivity contribution in [3.63, 3.8) is 0 Å². The number of rotatable bonds is 6. The Bertz CT molecular complexity index is 1140. The minimum Gasteiger partial charge on any atom is -0.339 e. The highest BCUT2D eigenvalue weighted by atomic mass is 16.5. The van der Waals surface area contributed by atoms with Crippen LogP contribution in [0.2, 0.25) is 0 Å². The van der Waals surface area contributed by atoms with Crippen molar-refractivity contribution in [1.82, 2.24) is 34.8 Å². The standard InChI is InChI=1S/C23H25N7O/c1-3-30-16(2)19(12-26-30)13-29-14-20(18-5-4-8-25-11-18)21(15-29)23-27-22(28-31-23)17-6-9-24-10-7-17/h4-12,20-21H,3,13-15H2,1-2H3/t20-,21+/m0/s1. The van der Waals surface area contributed by atoms with Gasteiger partial charge in [0.2, 0.25) is 11.7 Å². The second-order valence-corrected chi connectivity index (χ2v) is 7.96. The van der Waals surface area contributed by atoms with E-state index in [-0.39, 0.29) is 11.8 Å². The molecule has 0 N–H and O–H groups in total. The summed E-state index contributed by atoms with van der Waals surface area (Å²) in [6.07, 6.45) is 9.21. The predicted octanol–water partition coefficient (Wildman–Crippen LogP) is 3.43. The van der Waals surface area contributed by atoms with Crippen molar-refractivity contribution >= 4 is 0 Å². The molecule has 0 saturated carbocycles. The molecule has 1 aliphatic heterocycles. The normalized spacial score (nSPS) is 19.2. The van der Waals surface area contributed by atoms with Crippen LogP contribution in [0.5, 0.6) is 0 Å². The fourth-order valence-electron chi connectivity index (χ4n) is 4.40. The van der Waals surface area contributed by atoms with Crippen molar-refractivity contribution in [2.24, 2.45) is 0 Å². The van der Waals surface area contributed by atoms with Gasteiger partial charge in [0.1, 0.15) is 0 Å². The highest BCUT2D eigenvalue weighted by Gasteiger charge is 2.38. The summed E-state index contributed by atoms with van der Waals surface area (Å²) in [4.78, 5) is 15.6. The van der Waals surface area contributed by atoms with Gasteiger partial charge in [-0.25, -0.2) is 0 Å². The lowest BCUT2D eigenvalue weighted by molar-refractivity contribution is 0.308. The van der Waals surface area contributed by atoms with Crippen LogP contribution in [-0.4, -0.2) is 47.9 Å². The van der Waals surface area contributed by atoms with Crippen LogP contribution in [0.25, 0.3) is 11.4 Å². The molecule has 1 fully saturated rings. The maximum absolute atomic E-state index is 5.75. The van der Waals surface area contributed by atoms with Crippen molar-refractivity contribution in [3.05, 3.63) is 78.0 Å². The monoisotopic (exact) mass is 415 g/mol. The molecule has 0 amide bonds. The molecule has 1 saturated heterocycles. The third kappa shape index (κ3) is 3.86. The summed E-state index contributed by atoms with van der Waals surface area (Å²) in [5.74, 6) is 1.61. The lowest BCUT2D eigenvalue weighted by Crippen LogP contribution is -2.20. The first-order chi connectivity index (χ1) is 15.2. The Morgan fingerprint density at radius 3 is 2.61 bits per heavy atom. The van der Waals surface area contributed by atoms with Crippen molar-refractivity contribution in [3.8, 4) is 11.4 Å². The molecule has 4 aromatic rings. The van der Waals surface area contributed by atoms with Gasteiger partial charge in [0.25, 0.3) is 0 Å². The first kappa shape index (κ1) is 19.6. The zero-order valence-corrected chi connectivity index (χ0v) is 17.7. The smallest absolute Gasteiger partial charge is 0.232 e. The minimum absolute atomic E-state index is 0.105. The van der Waals surface area contributed by atoms with Gasteiger partial charge < -0.3 is 4.52 Å². The second-order valence-electron chi connectivity index (χ2n) is 7.96. The quantitative estimate of drug-likeness (QED) is 0.477. The van der Waals surface area contributed by atoms with Gasteiger partial charge in [0.05, 0.1) is 12.1 Å². The molecule has 0 unspecified atom stereocenters. The molecule has 5 rings (SSSR count). The molecule has 8 nitrogen and oxygen atoms in total. The summed E-state index contributed by atoms with van der Waals surface area (Å²) in [5, 5.41) is 8.74. The molecule has 2 atom stereocenters. The van der Waals surface area contributed by atoms with Crippen LogP contribution in [0.4, 0.5) is 0 Å². The molecule has 31 heavy (non-hydrogen) atoms. The van der Waals surface area contributed by atoms with Crippen LogP contribution >= 0.6 is 0 Å². The highest BCUT2D eigenvalue weighted by Crippen LogP contribution is 2.40. The molecule has 1 aliphatic rings. The SMILES string of the molecule is CCn1ncc(CN2C[C@@H](c3cccnc3)[C@H](c3nc(-c4ccncc4)no3)C2)c1C. The van der Waals surface area contributed by atoms with Gasteiger partial charge in [-0.1, -0.05) is 11.2 Å². The van der Waals surface area contributed by atoms with Crippen molar-refractivity contribution in [2.45, 2.75) is 38.8 Å². The molecule has 0 aliphatic carbocycles. The molecule has 0 bridgehead atoms. The third-order valence-corrected chi connectivity index (χ3v) is 6.10. The number of hydrogen-bond acceptors (Lipinski definition) is 7. The van der Waals surface area contributed by atoms with Crippen LogP contribution < -0.4 is 0 Å². The Morgan fingerprint density at radius 1 is 1.03 bits per heavy atom. The lowest BCUT2D eigenvalue weighted by Gasteiger charge is -2.16. The summed E-state index contributed by atoms with van der Waals surface area (Å²) in [6.45, 7) is 7.73. The van der Waals surface area contributed by atoms with E-state index in [1.165, 1.54) is 16.8 Å². The summed E-state index contributed by atoms with van der Waals surface area (Å²) in [7, 11) is 0. The van der Waals surface area contributed by atoms with E-state index < -0.39 is 0 Å². The van der Waals surface area contributed by atoms with E-state index in [4.69, 9.17) is 9.51 Å². The van der Waals surface area contributed by atoms with Crippen LogP contribution in [0.15, 0.2) is 59.8 Å². The molecule has 0 radical (unpaired) electrons. The van der Waals surface area contributed by atoms with Crippen LogP contribution in [0, 0.1) is 6.92 Å². The van der Waals surface area contributed by atoms with Gasteiger partial charge in [-0.15, -0.1) is 0 Å². The molecule has 158 valence electrons. The number of hydrogen-bond donors (Lipinski definition) is 0. The molecule has 4 aromatic heterocycles. The van der Waals surface area contributed by atoms with E-state index in [1.54, 1.807) is 12.4 Å². The maximum Gasteiger partial charge on any atom is 0.232 e. The number of aromatic nitrogens is 6. The van der Waals surface area contributed by atoms with Gasteiger partial charge in [0, 0.05) is 73.7 Å². The van der Waals surface area contributed by atoms with E-state index in [2.05, 4.69) is 45.0 Å². The zero-order chi connectivity index (χ0) is 21.2.